The molecule has 0 bridgehead atoms. The molecule has 1 unspecified atom stereocenters. The number of nitrogens with one attached hydrogen (secondary N) is 2. The van der Waals surface area contributed by atoms with Gasteiger partial charge in [-0.05, 0) is 30.5 Å². The lowest BCUT2D eigenvalue weighted by atomic mass is 10.1. The number of amides is 2. The van der Waals surface area contributed by atoms with Crippen LogP contribution in [0.4, 0.5) is 5.69 Å². The molecule has 1 aliphatic rings. The van der Waals surface area contributed by atoms with E-state index in [2.05, 4.69) is 10.6 Å². The molecule has 2 rings (SSSR count). The lowest BCUT2D eigenvalue weighted by Crippen LogP contribution is -2.30. The molecule has 1 aliphatic heterocycles. The van der Waals surface area contributed by atoms with Gasteiger partial charge in [0.2, 0.25) is 11.8 Å². The van der Waals surface area contributed by atoms with Crippen LogP contribution in [0.5, 0.6) is 0 Å². The number of hydrogen-bond acceptors (Lipinski definition) is 5. The molecule has 0 radical (unpaired) electrons. The second-order valence-corrected chi connectivity index (χ2v) is 6.05. The number of carboxylic acids is 1. The summed E-state index contributed by atoms with van der Waals surface area (Å²) in [4.78, 5) is 33.8. The summed E-state index contributed by atoms with van der Waals surface area (Å²) in [5.74, 6) is -1.60. The summed E-state index contributed by atoms with van der Waals surface area (Å²) < 4.78 is 10.9. The van der Waals surface area contributed by atoms with Crippen molar-refractivity contribution >= 4 is 23.5 Å². The van der Waals surface area contributed by atoms with Gasteiger partial charge in [-0.2, -0.15) is 0 Å². The van der Waals surface area contributed by atoms with Crippen molar-refractivity contribution in [1.82, 2.24) is 5.32 Å². The fraction of sp³-hybridized carbons (Fsp3) is 0.500. The monoisotopic (exact) mass is 364 g/mol. The van der Waals surface area contributed by atoms with E-state index >= 15 is 0 Å². The van der Waals surface area contributed by atoms with E-state index in [-0.39, 0.29) is 30.8 Å². The van der Waals surface area contributed by atoms with Gasteiger partial charge in [0.15, 0.2) is 0 Å². The van der Waals surface area contributed by atoms with Crippen LogP contribution in [-0.2, 0) is 30.3 Å². The van der Waals surface area contributed by atoms with Gasteiger partial charge < -0.3 is 25.2 Å². The largest absolute Gasteiger partial charge is 0.480 e. The Labute approximate surface area is 151 Å². The van der Waals surface area contributed by atoms with E-state index in [9.17, 15) is 14.4 Å². The molecule has 1 saturated heterocycles. The van der Waals surface area contributed by atoms with Gasteiger partial charge in [0, 0.05) is 12.3 Å². The van der Waals surface area contributed by atoms with Crippen LogP contribution in [0.25, 0.3) is 0 Å². The van der Waals surface area contributed by atoms with E-state index in [1.54, 1.807) is 24.3 Å². The molecular weight excluding hydrogens is 340 g/mol. The van der Waals surface area contributed by atoms with Crippen LogP contribution in [0.2, 0.25) is 0 Å². The topological polar surface area (TPSA) is 114 Å². The van der Waals surface area contributed by atoms with Crippen LogP contribution in [0, 0.1) is 0 Å². The highest BCUT2D eigenvalue weighted by Gasteiger charge is 2.15. The minimum Gasteiger partial charge on any atom is -0.480 e. The molecule has 1 aromatic carbocycles. The summed E-state index contributed by atoms with van der Waals surface area (Å²) in [6.45, 7) is 1.24. The second kappa shape index (κ2) is 10.5. The average molecular weight is 364 g/mol. The van der Waals surface area contributed by atoms with E-state index in [0.29, 0.717) is 18.9 Å². The third-order valence-electron chi connectivity index (χ3n) is 3.84. The highest BCUT2D eigenvalue weighted by atomic mass is 16.5. The van der Waals surface area contributed by atoms with Crippen molar-refractivity contribution in [2.75, 3.05) is 31.7 Å². The molecule has 0 aliphatic carbocycles. The van der Waals surface area contributed by atoms with Crippen LogP contribution >= 0.6 is 0 Å². The molecule has 1 fully saturated rings. The van der Waals surface area contributed by atoms with Gasteiger partial charge in [-0.15, -0.1) is 0 Å². The predicted octanol–water partition coefficient (Wildman–Crippen LogP) is 0.954. The Morgan fingerprint density at radius 3 is 2.62 bits per heavy atom. The summed E-state index contributed by atoms with van der Waals surface area (Å²) >= 11 is 0. The van der Waals surface area contributed by atoms with Gasteiger partial charge >= 0.3 is 5.97 Å². The predicted molar refractivity (Wildman–Crippen MR) is 93.8 cm³/mol. The molecule has 1 heterocycles. The molecule has 8 heteroatoms. The number of aliphatic carboxylic acids is 1. The van der Waals surface area contributed by atoms with Crippen LogP contribution in [0.1, 0.15) is 24.8 Å². The van der Waals surface area contributed by atoms with Crippen molar-refractivity contribution in [2.24, 2.45) is 0 Å². The van der Waals surface area contributed by atoms with Crippen LogP contribution in [0.15, 0.2) is 24.3 Å². The number of rotatable bonds is 10. The third-order valence-corrected chi connectivity index (χ3v) is 3.84. The number of carboxylic acid groups (broad SMARTS) is 1. The normalized spacial score (nSPS) is 16.2. The van der Waals surface area contributed by atoms with E-state index in [0.717, 1.165) is 25.0 Å². The summed E-state index contributed by atoms with van der Waals surface area (Å²) in [6.07, 6.45) is 2.56. The van der Waals surface area contributed by atoms with Gasteiger partial charge in [0.1, 0.15) is 6.54 Å². The fourth-order valence-corrected chi connectivity index (χ4v) is 2.51. The maximum absolute atomic E-state index is 11.9. The molecule has 2 amide bonds. The number of carbonyl (C=O) groups is 3. The molecule has 26 heavy (non-hydrogen) atoms. The highest BCUT2D eigenvalue weighted by molar-refractivity contribution is 5.90. The Bertz CT molecular complexity index is 611. The summed E-state index contributed by atoms with van der Waals surface area (Å²) in [7, 11) is 0. The van der Waals surface area contributed by atoms with Gasteiger partial charge in [0.25, 0.3) is 0 Å². The Hall–Kier alpha value is -2.45. The van der Waals surface area contributed by atoms with E-state index in [4.69, 9.17) is 14.6 Å². The number of benzene rings is 1. The second-order valence-electron chi connectivity index (χ2n) is 6.05. The summed E-state index contributed by atoms with van der Waals surface area (Å²) in [5, 5.41) is 13.6. The van der Waals surface area contributed by atoms with Crippen LogP contribution < -0.4 is 10.6 Å². The SMILES string of the molecule is O=C(O)CNC(=O)Cc1ccc(NC(=O)CCOCC2CCCO2)cc1. The van der Waals surface area contributed by atoms with Crippen molar-refractivity contribution in [2.45, 2.75) is 31.8 Å². The summed E-state index contributed by atoms with van der Waals surface area (Å²) in [5.41, 5.74) is 1.36. The quantitative estimate of drug-likeness (QED) is 0.533. The number of hydrogen-bond donors (Lipinski definition) is 3. The minimum atomic E-state index is -1.09. The average Bonchev–Trinajstić information content (AvgIpc) is 3.12. The standard InChI is InChI=1S/C18H24N2O6/c21-16(7-9-25-12-15-2-1-8-26-15)20-14-5-3-13(4-6-14)10-17(22)19-11-18(23)24/h3-6,15H,1-2,7-12H2,(H,19,22)(H,20,21)(H,23,24). The molecule has 0 saturated carbocycles. The first-order chi connectivity index (χ1) is 12.5. The molecule has 1 atom stereocenters. The molecule has 142 valence electrons. The maximum atomic E-state index is 11.9. The third kappa shape index (κ3) is 7.62. The Morgan fingerprint density at radius 2 is 1.96 bits per heavy atom. The number of anilines is 1. The molecule has 3 N–H and O–H groups in total. The van der Waals surface area contributed by atoms with E-state index in [1.807, 2.05) is 0 Å². The van der Waals surface area contributed by atoms with Gasteiger partial charge in [-0.25, -0.2) is 0 Å². The first-order valence-corrected chi connectivity index (χ1v) is 8.59. The first-order valence-electron chi connectivity index (χ1n) is 8.59. The minimum absolute atomic E-state index is 0.0819. The molecule has 0 spiro atoms. The zero-order chi connectivity index (χ0) is 18.8. The fourth-order valence-electron chi connectivity index (χ4n) is 2.51. The molecule has 1 aromatic rings. The van der Waals surface area contributed by atoms with Crippen molar-refractivity contribution < 1.29 is 29.0 Å². The zero-order valence-electron chi connectivity index (χ0n) is 14.5. The number of carbonyl (C=O) groups excluding carboxylic acids is 2. The van der Waals surface area contributed by atoms with Crippen LogP contribution in [-0.4, -0.2) is 55.4 Å². The van der Waals surface area contributed by atoms with Crippen molar-refractivity contribution in [3.05, 3.63) is 29.8 Å². The molecule has 0 aromatic heterocycles. The maximum Gasteiger partial charge on any atom is 0.322 e. The number of ether oxygens (including phenoxy) is 2. The van der Waals surface area contributed by atoms with E-state index in [1.165, 1.54) is 0 Å². The Balaban J connectivity index is 1.64. The van der Waals surface area contributed by atoms with Crippen LogP contribution in [0.3, 0.4) is 0 Å². The first kappa shape index (κ1) is 19.9. The Kier molecular flexibility index (Phi) is 8.04. The van der Waals surface area contributed by atoms with E-state index < -0.39 is 12.5 Å². The van der Waals surface area contributed by atoms with Crippen molar-refractivity contribution in [3.63, 3.8) is 0 Å². The lowest BCUT2D eigenvalue weighted by molar-refractivity contribution is -0.137. The van der Waals surface area contributed by atoms with Crippen molar-refractivity contribution in [1.29, 1.82) is 0 Å². The van der Waals surface area contributed by atoms with Crippen molar-refractivity contribution in [3.8, 4) is 0 Å². The molecular formula is C18H24N2O6. The van der Waals surface area contributed by atoms with Gasteiger partial charge in [0.05, 0.1) is 32.2 Å². The Morgan fingerprint density at radius 1 is 1.19 bits per heavy atom. The van der Waals surface area contributed by atoms with Gasteiger partial charge in [-0.1, -0.05) is 12.1 Å². The summed E-state index contributed by atoms with van der Waals surface area (Å²) in [6, 6.07) is 6.82. The van der Waals surface area contributed by atoms with Gasteiger partial charge in [-0.3, -0.25) is 14.4 Å². The smallest absolute Gasteiger partial charge is 0.322 e. The zero-order valence-corrected chi connectivity index (χ0v) is 14.5. The lowest BCUT2D eigenvalue weighted by Gasteiger charge is -2.10. The highest BCUT2D eigenvalue weighted by Crippen LogP contribution is 2.12. The molecule has 8 nitrogen and oxygen atoms in total.